The number of ketones is 1. The summed E-state index contributed by atoms with van der Waals surface area (Å²) < 4.78 is 5.52. The summed E-state index contributed by atoms with van der Waals surface area (Å²) in [4.78, 5) is 39.9. The van der Waals surface area contributed by atoms with E-state index in [2.05, 4.69) is 5.32 Å². The number of thioether (sulfide) groups is 1. The van der Waals surface area contributed by atoms with Gasteiger partial charge in [0.25, 0.3) is 0 Å². The lowest BCUT2D eigenvalue weighted by Crippen LogP contribution is -2.53. The Morgan fingerprint density at radius 3 is 2.31 bits per heavy atom. The Morgan fingerprint density at radius 1 is 1.03 bits per heavy atom. The minimum atomic E-state index is -0.667. The van der Waals surface area contributed by atoms with Crippen LogP contribution in [0.4, 0.5) is 0 Å². The molecule has 0 bridgehead atoms. The van der Waals surface area contributed by atoms with Gasteiger partial charge < -0.3 is 15.0 Å². The summed E-state index contributed by atoms with van der Waals surface area (Å²) >= 11 is 1.61. The number of nitrogens with one attached hydrogen (secondary N) is 1. The van der Waals surface area contributed by atoms with Gasteiger partial charge in [-0.05, 0) is 24.0 Å². The lowest BCUT2D eigenvalue weighted by atomic mass is 10.1. The molecule has 6 nitrogen and oxygen atoms in total. The van der Waals surface area contributed by atoms with Gasteiger partial charge in [0.05, 0.1) is 6.10 Å². The standard InChI is InChI=1S/C25H28N2O4S.2CH4.H2S/c28-21-15-31-22-13-14-27(24(21)22)25(30)20(17-32-16-19-9-5-2-6-10-19)26-23(29)12-11-18-7-3-1-4-8-18;;;/h1-10,20,22,24H,11-17H2,(H,26,29);2*1H4;1H2/t20-,22+,24+;;;/m0.../s1. The van der Waals surface area contributed by atoms with Crippen LogP contribution in [-0.2, 0) is 31.3 Å². The van der Waals surface area contributed by atoms with Crippen LogP contribution in [0.25, 0.3) is 0 Å². The molecule has 0 aromatic heterocycles. The van der Waals surface area contributed by atoms with Crippen molar-refractivity contribution >= 4 is 42.9 Å². The predicted octanol–water partition coefficient (Wildman–Crippen LogP) is 3.99. The highest BCUT2D eigenvalue weighted by Gasteiger charge is 2.47. The van der Waals surface area contributed by atoms with Crippen LogP contribution in [0.15, 0.2) is 60.7 Å². The number of Topliss-reactive ketones (excluding diaryl/α,β-unsaturated/α-hetero) is 1. The molecule has 0 aliphatic carbocycles. The molecule has 3 atom stereocenters. The molecule has 2 aromatic rings. The van der Waals surface area contributed by atoms with E-state index in [1.165, 1.54) is 5.56 Å². The van der Waals surface area contributed by atoms with Gasteiger partial charge in [0.2, 0.25) is 11.8 Å². The lowest BCUT2D eigenvalue weighted by molar-refractivity contribution is -0.139. The number of fused-ring (bicyclic) bond motifs is 1. The number of likely N-dealkylation sites (tertiary alicyclic amines) is 1. The van der Waals surface area contributed by atoms with Gasteiger partial charge in [-0.2, -0.15) is 25.3 Å². The highest BCUT2D eigenvalue weighted by molar-refractivity contribution is 7.98. The number of benzene rings is 2. The molecule has 0 spiro atoms. The SMILES string of the molecule is C.C.O=C(CCc1ccccc1)N[C@@H](CSCc1ccccc1)C(=O)N1CC[C@H]2OCC(=O)[C@H]21.S. The lowest BCUT2D eigenvalue weighted by Gasteiger charge is -2.27. The van der Waals surface area contributed by atoms with Gasteiger partial charge in [-0.15, -0.1) is 0 Å². The number of carbonyl (C=O) groups is 3. The first-order valence-corrected chi connectivity index (χ1v) is 12.2. The third-order valence-electron chi connectivity index (χ3n) is 5.91. The van der Waals surface area contributed by atoms with E-state index in [9.17, 15) is 14.4 Å². The molecular weight excluding hydrogens is 480 g/mol. The van der Waals surface area contributed by atoms with E-state index in [0.717, 1.165) is 11.3 Å². The fourth-order valence-corrected chi connectivity index (χ4v) is 5.26. The van der Waals surface area contributed by atoms with Crippen LogP contribution in [-0.4, -0.2) is 59.6 Å². The molecule has 2 fully saturated rings. The zero-order chi connectivity index (χ0) is 22.3. The van der Waals surface area contributed by atoms with E-state index >= 15 is 0 Å². The minimum Gasteiger partial charge on any atom is -0.368 e. The second-order valence-electron chi connectivity index (χ2n) is 8.19. The molecule has 2 aliphatic rings. The molecule has 2 saturated heterocycles. The van der Waals surface area contributed by atoms with Crippen molar-refractivity contribution in [2.45, 2.75) is 58.1 Å². The summed E-state index contributed by atoms with van der Waals surface area (Å²) in [7, 11) is 0. The number of hydrogen-bond acceptors (Lipinski definition) is 5. The number of aryl methyl sites for hydroxylation is 1. The van der Waals surface area contributed by atoms with Crippen LogP contribution >= 0.6 is 25.3 Å². The fraction of sp³-hybridized carbons (Fsp3) is 0.444. The zero-order valence-corrected chi connectivity index (χ0v) is 20.3. The number of ether oxygens (including phenoxy) is 1. The first kappa shape index (κ1) is 30.7. The molecule has 8 heteroatoms. The summed E-state index contributed by atoms with van der Waals surface area (Å²) in [5, 5.41) is 2.94. The maximum atomic E-state index is 13.4. The van der Waals surface area contributed by atoms with Gasteiger partial charge in [-0.3, -0.25) is 14.4 Å². The summed E-state index contributed by atoms with van der Waals surface area (Å²) in [6, 6.07) is 18.7. The van der Waals surface area contributed by atoms with E-state index in [0.29, 0.717) is 31.6 Å². The zero-order valence-electron chi connectivity index (χ0n) is 18.4. The predicted molar refractivity (Wildman–Crippen MR) is 148 cm³/mol. The molecule has 4 rings (SSSR count). The maximum absolute atomic E-state index is 13.4. The molecule has 0 radical (unpaired) electrons. The van der Waals surface area contributed by atoms with E-state index in [4.69, 9.17) is 4.74 Å². The summed E-state index contributed by atoms with van der Waals surface area (Å²) in [6.07, 6.45) is 1.38. The second-order valence-corrected chi connectivity index (χ2v) is 9.22. The monoisotopic (exact) mass is 518 g/mol. The van der Waals surface area contributed by atoms with E-state index in [1.807, 2.05) is 60.7 Å². The van der Waals surface area contributed by atoms with Gasteiger partial charge in [0, 0.05) is 24.5 Å². The quantitative estimate of drug-likeness (QED) is 0.543. The third-order valence-corrected chi connectivity index (χ3v) is 7.01. The minimum absolute atomic E-state index is 0. The van der Waals surface area contributed by atoms with Crippen LogP contribution in [0.2, 0.25) is 0 Å². The Hall–Kier alpha value is -2.29. The third kappa shape index (κ3) is 8.12. The van der Waals surface area contributed by atoms with Crippen molar-refractivity contribution in [3.05, 3.63) is 71.8 Å². The molecule has 0 unspecified atom stereocenters. The van der Waals surface area contributed by atoms with Crippen molar-refractivity contribution in [3.63, 3.8) is 0 Å². The Kier molecular flexibility index (Phi) is 13.1. The molecule has 2 heterocycles. The average molecular weight is 519 g/mol. The van der Waals surface area contributed by atoms with Crippen molar-refractivity contribution in [1.29, 1.82) is 0 Å². The number of amides is 2. The molecule has 2 aromatic carbocycles. The Morgan fingerprint density at radius 2 is 1.66 bits per heavy atom. The number of rotatable bonds is 9. The first-order valence-electron chi connectivity index (χ1n) is 11.0. The van der Waals surface area contributed by atoms with Gasteiger partial charge in [0.15, 0.2) is 5.78 Å². The van der Waals surface area contributed by atoms with E-state index < -0.39 is 12.1 Å². The molecule has 192 valence electrons. The van der Waals surface area contributed by atoms with Crippen molar-refractivity contribution in [1.82, 2.24) is 10.2 Å². The van der Waals surface area contributed by atoms with Gasteiger partial charge in [-0.1, -0.05) is 75.5 Å². The van der Waals surface area contributed by atoms with Gasteiger partial charge in [-0.25, -0.2) is 0 Å². The molecular formula is C27H38N2O4S2. The molecule has 35 heavy (non-hydrogen) atoms. The van der Waals surface area contributed by atoms with Gasteiger partial charge >= 0.3 is 0 Å². The molecule has 2 aliphatic heterocycles. The number of hydrogen-bond donors (Lipinski definition) is 1. The summed E-state index contributed by atoms with van der Waals surface area (Å²) in [6.45, 7) is 0.551. The van der Waals surface area contributed by atoms with Crippen LogP contribution in [0.5, 0.6) is 0 Å². The van der Waals surface area contributed by atoms with Crippen LogP contribution in [0, 0.1) is 0 Å². The molecule has 0 saturated carbocycles. The maximum Gasteiger partial charge on any atom is 0.246 e. The Labute approximate surface area is 220 Å². The largest absolute Gasteiger partial charge is 0.368 e. The van der Waals surface area contributed by atoms with E-state index in [-0.39, 0.29) is 58.7 Å². The average Bonchev–Trinajstić information content (AvgIpc) is 3.41. The van der Waals surface area contributed by atoms with Crippen LogP contribution < -0.4 is 5.32 Å². The van der Waals surface area contributed by atoms with Crippen molar-refractivity contribution in [2.24, 2.45) is 0 Å². The van der Waals surface area contributed by atoms with Crippen LogP contribution in [0.1, 0.15) is 38.8 Å². The smallest absolute Gasteiger partial charge is 0.246 e. The Bertz CT molecular complexity index is 943. The van der Waals surface area contributed by atoms with Crippen molar-refractivity contribution in [2.75, 3.05) is 18.9 Å². The van der Waals surface area contributed by atoms with E-state index in [1.54, 1.807) is 16.7 Å². The normalized spacial score (nSPS) is 19.0. The molecule has 2 amide bonds. The summed E-state index contributed by atoms with van der Waals surface area (Å²) in [5.41, 5.74) is 2.25. The highest BCUT2D eigenvalue weighted by atomic mass is 32.2. The first-order chi connectivity index (χ1) is 15.6. The highest BCUT2D eigenvalue weighted by Crippen LogP contribution is 2.28. The second kappa shape index (κ2) is 15.0. The van der Waals surface area contributed by atoms with Crippen molar-refractivity contribution in [3.8, 4) is 0 Å². The topological polar surface area (TPSA) is 75.7 Å². The van der Waals surface area contributed by atoms with Crippen LogP contribution in [0.3, 0.4) is 0 Å². The van der Waals surface area contributed by atoms with Gasteiger partial charge in [0.1, 0.15) is 18.7 Å². The number of nitrogens with zero attached hydrogens (tertiary/aromatic N) is 1. The van der Waals surface area contributed by atoms with Crippen molar-refractivity contribution < 1.29 is 19.1 Å². The fourth-order valence-electron chi connectivity index (χ4n) is 4.25. The Balaban J connectivity index is 0.00000204. The number of carbonyl (C=O) groups excluding carboxylic acids is 3. The summed E-state index contributed by atoms with van der Waals surface area (Å²) in [5.74, 6) is 0.806. The molecule has 1 N–H and O–H groups in total.